The molecule has 7 nitrogen and oxygen atoms in total. The lowest BCUT2D eigenvalue weighted by molar-refractivity contribution is -0.603. The van der Waals surface area contributed by atoms with Gasteiger partial charge in [-0.25, -0.2) is 4.57 Å². The van der Waals surface area contributed by atoms with Gasteiger partial charge in [-0.1, -0.05) is 39.8 Å². The van der Waals surface area contributed by atoms with Crippen LogP contribution in [0.5, 0.6) is 0 Å². The number of aromatic nitrogens is 3. The third-order valence-corrected chi connectivity index (χ3v) is 3.74. The van der Waals surface area contributed by atoms with Gasteiger partial charge in [0.25, 0.3) is 5.69 Å². The highest BCUT2D eigenvalue weighted by Crippen LogP contribution is 2.37. The van der Waals surface area contributed by atoms with Crippen LogP contribution >= 0.6 is 23.2 Å². The fourth-order valence-electron chi connectivity index (χ4n) is 1.89. The van der Waals surface area contributed by atoms with Crippen molar-refractivity contribution in [3.63, 3.8) is 0 Å². The summed E-state index contributed by atoms with van der Waals surface area (Å²) < 4.78 is 1.66. The molecule has 0 amide bonds. The molecule has 0 N–H and O–H groups in total. The van der Waals surface area contributed by atoms with Crippen molar-refractivity contribution in [2.24, 2.45) is 0 Å². The zero-order valence-electron chi connectivity index (χ0n) is 12.0. The van der Waals surface area contributed by atoms with Gasteiger partial charge in [0, 0.05) is 12.1 Å². The predicted molar refractivity (Wildman–Crippen MR) is 89.4 cm³/mol. The van der Waals surface area contributed by atoms with Crippen LogP contribution in [-0.4, -0.2) is 14.9 Å². The number of benzene rings is 1. The fraction of sp³-hybridized carbons (Fsp3) is 0. The molecule has 3 rings (SSSR count). The van der Waals surface area contributed by atoms with Crippen molar-refractivity contribution in [1.29, 1.82) is 0 Å². The molecule has 0 unspecified atom stereocenters. The van der Waals surface area contributed by atoms with Crippen LogP contribution in [0.15, 0.2) is 54.9 Å². The van der Waals surface area contributed by atoms with E-state index in [4.69, 9.17) is 23.2 Å². The number of nitro benzene ring substituents is 1. The summed E-state index contributed by atoms with van der Waals surface area (Å²) in [5.41, 5.74) is 0.433. The number of pyridine rings is 1. The van der Waals surface area contributed by atoms with E-state index in [1.54, 1.807) is 17.0 Å². The maximum atomic E-state index is 10.7. The maximum Gasteiger partial charge on any atom is 0.439 e. The maximum absolute atomic E-state index is 10.7. The Hall–Kier alpha value is -2.77. The number of nitrogens with zero attached hydrogens (tertiary/aromatic N) is 5. The predicted octanol–water partition coefficient (Wildman–Crippen LogP) is 4.31. The molecule has 0 aliphatic carbocycles. The minimum absolute atomic E-state index is 0.0266. The van der Waals surface area contributed by atoms with Crippen molar-refractivity contribution >= 4 is 40.4 Å². The SMILES string of the molecule is O=[N+]([O-])c1ccc([N-]c2nc(-[n+]3ccccc3)nc(Cl)c2Cl)cc1. The Kier molecular flexibility index (Phi) is 4.54. The van der Waals surface area contributed by atoms with Crippen LogP contribution in [0.3, 0.4) is 0 Å². The van der Waals surface area contributed by atoms with Gasteiger partial charge >= 0.3 is 5.95 Å². The van der Waals surface area contributed by atoms with E-state index in [1.807, 2.05) is 18.2 Å². The van der Waals surface area contributed by atoms with E-state index < -0.39 is 4.92 Å². The second-order valence-corrected chi connectivity index (χ2v) is 5.36. The molecule has 120 valence electrons. The standard InChI is InChI=1S/C15H9Cl2N5O2/c16-12-13(17)19-15(21-8-2-1-3-9-21)20-14(12)18-10-4-6-11(7-5-10)22(23)24/h1-9H. The Labute approximate surface area is 146 Å². The van der Waals surface area contributed by atoms with Crippen molar-refractivity contribution < 1.29 is 9.49 Å². The summed E-state index contributed by atoms with van der Waals surface area (Å²) >= 11 is 12.2. The first-order valence-electron chi connectivity index (χ1n) is 6.70. The quantitative estimate of drug-likeness (QED) is 0.300. The molecule has 0 aliphatic rings. The Morgan fingerprint density at radius 2 is 1.71 bits per heavy atom. The molecule has 0 aliphatic heterocycles. The van der Waals surface area contributed by atoms with Gasteiger partial charge in [0.05, 0.1) is 17.3 Å². The molecule has 9 heteroatoms. The number of halogens is 2. The van der Waals surface area contributed by atoms with Gasteiger partial charge in [0.1, 0.15) is 5.02 Å². The Bertz CT molecular complexity index is 888. The highest BCUT2D eigenvalue weighted by atomic mass is 35.5. The molecule has 24 heavy (non-hydrogen) atoms. The largest absolute Gasteiger partial charge is 0.439 e. The first-order chi connectivity index (χ1) is 11.5. The van der Waals surface area contributed by atoms with Crippen LogP contribution in [0, 0.1) is 10.1 Å². The zero-order chi connectivity index (χ0) is 17.1. The van der Waals surface area contributed by atoms with E-state index >= 15 is 0 Å². The van der Waals surface area contributed by atoms with Crippen molar-refractivity contribution in [3.05, 3.63) is 80.5 Å². The summed E-state index contributed by atoms with van der Waals surface area (Å²) in [5, 5.41) is 15.1. The van der Waals surface area contributed by atoms with Gasteiger partial charge in [-0.3, -0.25) is 10.1 Å². The summed E-state index contributed by atoms with van der Waals surface area (Å²) in [5.74, 6) is 0.488. The number of hydrogen-bond donors (Lipinski definition) is 0. The first-order valence-corrected chi connectivity index (χ1v) is 7.46. The second-order valence-electron chi connectivity index (χ2n) is 4.62. The lowest BCUT2D eigenvalue weighted by atomic mass is 10.3. The van der Waals surface area contributed by atoms with E-state index in [0.29, 0.717) is 11.6 Å². The molecule has 0 saturated carbocycles. The van der Waals surface area contributed by atoms with Crippen LogP contribution in [0.1, 0.15) is 0 Å². The van der Waals surface area contributed by atoms with Crippen LogP contribution in [0.2, 0.25) is 10.2 Å². The summed E-state index contributed by atoms with van der Waals surface area (Å²) in [6, 6.07) is 11.2. The molecule has 0 bridgehead atoms. The monoisotopic (exact) mass is 361 g/mol. The Balaban J connectivity index is 1.95. The lowest BCUT2D eigenvalue weighted by Gasteiger charge is -2.09. The average Bonchev–Trinajstić information content (AvgIpc) is 2.60. The molecular formula is C15H9Cl2N5O2. The number of rotatable bonds is 4. The van der Waals surface area contributed by atoms with E-state index in [0.717, 1.165) is 0 Å². The van der Waals surface area contributed by atoms with Gasteiger partial charge in [-0.15, -0.1) is 0 Å². The van der Waals surface area contributed by atoms with Crippen molar-refractivity contribution in [3.8, 4) is 5.95 Å². The lowest BCUT2D eigenvalue weighted by Crippen LogP contribution is -2.32. The molecule has 1 aromatic carbocycles. The molecule has 2 aromatic heterocycles. The average molecular weight is 362 g/mol. The molecular weight excluding hydrogens is 353 g/mol. The van der Waals surface area contributed by atoms with Crippen LogP contribution < -0.4 is 4.57 Å². The topological polar surface area (TPSA) is 86.9 Å². The molecule has 0 atom stereocenters. The number of nitro groups is 1. The third kappa shape index (κ3) is 3.42. The Morgan fingerprint density at radius 1 is 1.04 bits per heavy atom. The van der Waals surface area contributed by atoms with E-state index in [-0.39, 0.29) is 21.7 Å². The smallest absolute Gasteiger partial charge is 0.400 e. The second kappa shape index (κ2) is 6.77. The molecule has 0 saturated heterocycles. The van der Waals surface area contributed by atoms with Crippen molar-refractivity contribution in [2.75, 3.05) is 0 Å². The first kappa shape index (κ1) is 16.1. The van der Waals surface area contributed by atoms with Gasteiger partial charge in [-0.2, -0.15) is 0 Å². The van der Waals surface area contributed by atoms with Gasteiger partial charge in [0.2, 0.25) is 5.15 Å². The van der Waals surface area contributed by atoms with Gasteiger partial charge in [0.15, 0.2) is 5.82 Å². The summed E-state index contributed by atoms with van der Waals surface area (Å²) in [6.45, 7) is 0. The normalized spacial score (nSPS) is 10.4. The summed E-state index contributed by atoms with van der Waals surface area (Å²) in [6.07, 6.45) is 3.52. The molecule has 2 heterocycles. The van der Waals surface area contributed by atoms with Crippen LogP contribution in [0.25, 0.3) is 11.3 Å². The third-order valence-electron chi connectivity index (χ3n) is 3.02. The molecule has 0 radical (unpaired) electrons. The highest BCUT2D eigenvalue weighted by Gasteiger charge is 2.19. The minimum Gasteiger partial charge on any atom is -0.400 e. The fourth-order valence-corrected chi connectivity index (χ4v) is 2.18. The molecule has 3 aromatic rings. The van der Waals surface area contributed by atoms with Crippen molar-refractivity contribution in [1.82, 2.24) is 9.97 Å². The van der Waals surface area contributed by atoms with Crippen LogP contribution in [-0.2, 0) is 0 Å². The highest BCUT2D eigenvalue weighted by molar-refractivity contribution is 6.43. The van der Waals surface area contributed by atoms with Crippen molar-refractivity contribution in [2.45, 2.75) is 0 Å². The summed E-state index contributed by atoms with van der Waals surface area (Å²) in [4.78, 5) is 18.6. The minimum atomic E-state index is -0.484. The van der Waals surface area contributed by atoms with Crippen LogP contribution in [0.4, 0.5) is 17.2 Å². The zero-order valence-corrected chi connectivity index (χ0v) is 13.5. The van der Waals surface area contributed by atoms with E-state index in [9.17, 15) is 10.1 Å². The molecule has 0 spiro atoms. The summed E-state index contributed by atoms with van der Waals surface area (Å²) in [7, 11) is 0. The van der Waals surface area contributed by atoms with E-state index in [2.05, 4.69) is 15.3 Å². The number of hydrogen-bond acceptors (Lipinski definition) is 4. The van der Waals surface area contributed by atoms with Gasteiger partial charge < -0.3 is 5.32 Å². The number of non-ortho nitro benzene ring substituents is 1. The van der Waals surface area contributed by atoms with E-state index in [1.165, 1.54) is 24.3 Å². The Morgan fingerprint density at radius 3 is 2.33 bits per heavy atom. The molecule has 0 fully saturated rings. The van der Waals surface area contributed by atoms with Gasteiger partial charge in [-0.05, 0) is 29.4 Å².